The molecule has 1 aromatic carbocycles. The van der Waals surface area contributed by atoms with E-state index in [0.717, 1.165) is 5.56 Å². The summed E-state index contributed by atoms with van der Waals surface area (Å²) in [4.78, 5) is 22.2. The first kappa shape index (κ1) is 15.7. The average molecular weight is 333 g/mol. The summed E-state index contributed by atoms with van der Waals surface area (Å²) in [6, 6.07) is 7.49. The van der Waals surface area contributed by atoms with Crippen molar-refractivity contribution in [1.82, 2.24) is 14.9 Å². The molecule has 1 aliphatic heterocycles. The Labute approximate surface area is 138 Å². The molecule has 1 amide bonds. The summed E-state index contributed by atoms with van der Waals surface area (Å²) in [6.07, 6.45) is 2.89. The van der Waals surface area contributed by atoms with Gasteiger partial charge in [-0.2, -0.15) is 0 Å². The zero-order chi connectivity index (χ0) is 16.4. The number of aliphatic hydroxyl groups excluding tert-OH is 1. The van der Waals surface area contributed by atoms with Crippen LogP contribution in [0.5, 0.6) is 0 Å². The van der Waals surface area contributed by atoms with Gasteiger partial charge in [-0.25, -0.2) is 9.97 Å². The Kier molecular flexibility index (Phi) is 4.45. The zero-order valence-corrected chi connectivity index (χ0v) is 13.1. The second kappa shape index (κ2) is 6.52. The number of nitrogens with zero attached hydrogens (tertiary/aromatic N) is 3. The minimum absolute atomic E-state index is 0.00697. The highest BCUT2D eigenvalue weighted by molar-refractivity contribution is 6.30. The van der Waals surface area contributed by atoms with E-state index < -0.39 is 0 Å². The smallest absolute Gasteiger partial charge is 0.276 e. The van der Waals surface area contributed by atoms with Gasteiger partial charge in [-0.05, 0) is 17.7 Å². The number of anilines is 1. The minimum atomic E-state index is -0.259. The van der Waals surface area contributed by atoms with E-state index in [2.05, 4.69) is 9.97 Å². The second-order valence-electron chi connectivity index (χ2n) is 5.60. The SMILES string of the molecule is Nc1nccnc1C(=O)N1C[C@@H](CO)[C@H](c2ccc(Cl)cc2)C1. The van der Waals surface area contributed by atoms with E-state index in [1.807, 2.05) is 24.3 Å². The van der Waals surface area contributed by atoms with Crippen molar-refractivity contribution in [2.75, 3.05) is 25.4 Å². The minimum Gasteiger partial charge on any atom is -0.396 e. The van der Waals surface area contributed by atoms with Crippen LogP contribution in [0.3, 0.4) is 0 Å². The van der Waals surface area contributed by atoms with Gasteiger partial charge in [-0.3, -0.25) is 4.79 Å². The predicted octanol–water partition coefficient (Wildman–Crippen LogP) is 1.56. The highest BCUT2D eigenvalue weighted by Gasteiger charge is 2.37. The Morgan fingerprint density at radius 1 is 1.26 bits per heavy atom. The Bertz CT molecular complexity index is 707. The first-order valence-electron chi connectivity index (χ1n) is 7.32. The van der Waals surface area contributed by atoms with E-state index in [1.165, 1.54) is 12.4 Å². The summed E-state index contributed by atoms with van der Waals surface area (Å²) in [7, 11) is 0. The Morgan fingerprint density at radius 2 is 1.96 bits per heavy atom. The molecule has 6 nitrogen and oxygen atoms in total. The number of hydrogen-bond acceptors (Lipinski definition) is 5. The van der Waals surface area contributed by atoms with Crippen molar-refractivity contribution in [2.24, 2.45) is 5.92 Å². The largest absolute Gasteiger partial charge is 0.396 e. The Morgan fingerprint density at radius 3 is 2.61 bits per heavy atom. The lowest BCUT2D eigenvalue weighted by molar-refractivity contribution is 0.0776. The number of nitrogen functional groups attached to an aromatic ring is 1. The van der Waals surface area contributed by atoms with Crippen molar-refractivity contribution in [3.63, 3.8) is 0 Å². The van der Waals surface area contributed by atoms with Crippen LogP contribution in [-0.2, 0) is 0 Å². The first-order valence-corrected chi connectivity index (χ1v) is 7.70. The fourth-order valence-corrected chi connectivity index (χ4v) is 3.10. The van der Waals surface area contributed by atoms with Gasteiger partial charge >= 0.3 is 0 Å². The number of amides is 1. The van der Waals surface area contributed by atoms with Gasteiger partial charge < -0.3 is 15.7 Å². The molecule has 23 heavy (non-hydrogen) atoms. The van der Waals surface area contributed by atoms with Crippen molar-refractivity contribution in [2.45, 2.75) is 5.92 Å². The summed E-state index contributed by atoms with van der Waals surface area (Å²) in [6.45, 7) is 0.966. The summed E-state index contributed by atoms with van der Waals surface area (Å²) < 4.78 is 0. The standard InChI is InChI=1S/C16H17ClN4O2/c17-12-3-1-10(2-4-12)13-8-21(7-11(13)9-22)16(23)14-15(18)20-6-5-19-14/h1-6,11,13,22H,7-9H2,(H2,18,20)/t11-,13-/m0/s1. The van der Waals surface area contributed by atoms with Gasteiger partial charge in [0.05, 0.1) is 0 Å². The number of aliphatic hydroxyl groups is 1. The number of aromatic nitrogens is 2. The number of rotatable bonds is 3. The third kappa shape index (κ3) is 3.13. The van der Waals surface area contributed by atoms with E-state index in [0.29, 0.717) is 18.1 Å². The maximum Gasteiger partial charge on any atom is 0.276 e. The fourth-order valence-electron chi connectivity index (χ4n) is 2.97. The number of halogens is 1. The fraction of sp³-hybridized carbons (Fsp3) is 0.312. The van der Waals surface area contributed by atoms with Gasteiger partial charge in [-0.1, -0.05) is 23.7 Å². The molecule has 2 atom stereocenters. The van der Waals surface area contributed by atoms with Gasteiger partial charge in [0.1, 0.15) is 0 Å². The van der Waals surface area contributed by atoms with Crippen LogP contribution in [0.25, 0.3) is 0 Å². The van der Waals surface area contributed by atoms with Crippen LogP contribution in [0.15, 0.2) is 36.7 Å². The van der Waals surface area contributed by atoms with Gasteiger partial charge in [-0.15, -0.1) is 0 Å². The van der Waals surface area contributed by atoms with Crippen LogP contribution < -0.4 is 5.73 Å². The molecule has 0 radical (unpaired) electrons. The Balaban J connectivity index is 1.82. The maximum atomic E-state index is 12.6. The van der Waals surface area contributed by atoms with Crippen LogP contribution in [0.2, 0.25) is 5.02 Å². The lowest BCUT2D eigenvalue weighted by Gasteiger charge is -2.17. The molecule has 0 bridgehead atoms. The Hall–Kier alpha value is -2.18. The molecule has 0 aliphatic carbocycles. The summed E-state index contributed by atoms with van der Waals surface area (Å²) in [5.74, 6) is -0.115. The van der Waals surface area contributed by atoms with E-state index in [-0.39, 0.29) is 35.9 Å². The number of carbonyl (C=O) groups excluding carboxylic acids is 1. The summed E-state index contributed by atoms with van der Waals surface area (Å²) in [5.41, 5.74) is 6.94. The molecule has 1 saturated heterocycles. The molecular formula is C16H17ClN4O2. The molecule has 3 rings (SSSR count). The molecule has 2 heterocycles. The van der Waals surface area contributed by atoms with E-state index in [4.69, 9.17) is 17.3 Å². The first-order chi connectivity index (χ1) is 11.1. The predicted molar refractivity (Wildman–Crippen MR) is 87.1 cm³/mol. The highest BCUT2D eigenvalue weighted by atomic mass is 35.5. The third-order valence-electron chi connectivity index (χ3n) is 4.19. The molecule has 0 unspecified atom stereocenters. The van der Waals surface area contributed by atoms with E-state index >= 15 is 0 Å². The molecular weight excluding hydrogens is 316 g/mol. The normalized spacial score (nSPS) is 20.7. The van der Waals surface area contributed by atoms with Gasteiger partial charge in [0, 0.05) is 48.9 Å². The van der Waals surface area contributed by atoms with Gasteiger partial charge in [0.15, 0.2) is 11.5 Å². The van der Waals surface area contributed by atoms with Crippen molar-refractivity contribution in [3.8, 4) is 0 Å². The number of benzene rings is 1. The molecule has 0 saturated carbocycles. The highest BCUT2D eigenvalue weighted by Crippen LogP contribution is 2.33. The monoisotopic (exact) mass is 332 g/mol. The van der Waals surface area contributed by atoms with Crippen molar-refractivity contribution < 1.29 is 9.90 Å². The lowest BCUT2D eigenvalue weighted by Crippen LogP contribution is -2.30. The molecule has 1 fully saturated rings. The third-order valence-corrected chi connectivity index (χ3v) is 4.44. The summed E-state index contributed by atoms with van der Waals surface area (Å²) in [5, 5.41) is 10.3. The molecule has 120 valence electrons. The molecule has 1 aromatic heterocycles. The number of likely N-dealkylation sites (tertiary alicyclic amines) is 1. The van der Waals surface area contributed by atoms with Crippen molar-refractivity contribution >= 4 is 23.3 Å². The van der Waals surface area contributed by atoms with Crippen LogP contribution in [0, 0.1) is 5.92 Å². The van der Waals surface area contributed by atoms with Crippen LogP contribution in [0.1, 0.15) is 22.0 Å². The van der Waals surface area contributed by atoms with E-state index in [1.54, 1.807) is 4.90 Å². The molecule has 7 heteroatoms. The number of nitrogens with two attached hydrogens (primary N) is 1. The second-order valence-corrected chi connectivity index (χ2v) is 6.04. The van der Waals surface area contributed by atoms with Gasteiger partial charge in [0.2, 0.25) is 0 Å². The van der Waals surface area contributed by atoms with Crippen molar-refractivity contribution in [3.05, 3.63) is 52.9 Å². The molecule has 3 N–H and O–H groups in total. The summed E-state index contributed by atoms with van der Waals surface area (Å²) >= 11 is 5.92. The molecule has 2 aromatic rings. The van der Waals surface area contributed by atoms with Crippen molar-refractivity contribution in [1.29, 1.82) is 0 Å². The molecule has 1 aliphatic rings. The number of hydrogen-bond donors (Lipinski definition) is 2. The quantitative estimate of drug-likeness (QED) is 0.889. The zero-order valence-electron chi connectivity index (χ0n) is 12.4. The topological polar surface area (TPSA) is 92.3 Å². The lowest BCUT2D eigenvalue weighted by atomic mass is 9.90. The van der Waals surface area contributed by atoms with Crippen LogP contribution in [0.4, 0.5) is 5.82 Å². The van der Waals surface area contributed by atoms with Gasteiger partial charge in [0.25, 0.3) is 5.91 Å². The van der Waals surface area contributed by atoms with Crippen LogP contribution in [-0.4, -0.2) is 45.6 Å². The molecule has 0 spiro atoms. The maximum absolute atomic E-state index is 12.6. The number of carbonyl (C=O) groups is 1. The average Bonchev–Trinajstić information content (AvgIpc) is 3.00. The van der Waals surface area contributed by atoms with E-state index in [9.17, 15) is 9.90 Å². The van der Waals surface area contributed by atoms with Crippen LogP contribution >= 0.6 is 11.6 Å².